The summed E-state index contributed by atoms with van der Waals surface area (Å²) in [5.41, 5.74) is 17.8. The summed E-state index contributed by atoms with van der Waals surface area (Å²) >= 11 is 1.75. The molecule has 4 heteroatoms. The number of hydrogen-bond acceptors (Lipinski definition) is 4. The largest absolute Gasteiger partial charge is 0.436 e. The number of hydrogen-bond donors (Lipinski definition) is 0. The van der Waals surface area contributed by atoms with Crippen LogP contribution in [0.15, 0.2) is 198 Å². The number of rotatable bonds is 8. The normalized spacial score (nSPS) is 15.9. The van der Waals surface area contributed by atoms with Crippen LogP contribution in [0.1, 0.15) is 71.4 Å². The number of allylic oxidation sites excluding steroid dienone is 10. The summed E-state index contributed by atoms with van der Waals surface area (Å²) in [7, 11) is 0. The van der Waals surface area contributed by atoms with Gasteiger partial charge in [-0.2, -0.15) is 0 Å². The van der Waals surface area contributed by atoms with Crippen LogP contribution >= 0.6 is 11.3 Å². The maximum atomic E-state index is 6.13. The van der Waals surface area contributed by atoms with E-state index in [0.717, 1.165) is 58.4 Å². The first-order valence-electron chi connectivity index (χ1n) is 21.9. The molecule has 3 aliphatic carbocycles. The zero-order valence-electron chi connectivity index (χ0n) is 34.9. The van der Waals surface area contributed by atoms with E-state index in [1.165, 1.54) is 71.1 Å². The number of para-hydroxylation sites is 1. The van der Waals surface area contributed by atoms with Crippen molar-refractivity contribution < 1.29 is 4.42 Å². The fraction of sp³-hybridized carbons (Fsp3) is 0.119. The zero-order valence-corrected chi connectivity index (χ0v) is 35.8. The zero-order chi connectivity index (χ0) is 41.9. The molecule has 3 nitrogen and oxygen atoms in total. The van der Waals surface area contributed by atoms with Gasteiger partial charge in [-0.25, -0.2) is 9.97 Å². The van der Waals surface area contributed by atoms with Crippen molar-refractivity contribution in [2.45, 2.75) is 43.9 Å². The van der Waals surface area contributed by atoms with Crippen molar-refractivity contribution in [2.75, 3.05) is 0 Å². The van der Waals surface area contributed by atoms with Gasteiger partial charge < -0.3 is 4.42 Å². The van der Waals surface area contributed by atoms with Crippen molar-refractivity contribution >= 4 is 49.0 Å². The van der Waals surface area contributed by atoms with Crippen molar-refractivity contribution in [1.82, 2.24) is 9.97 Å². The average Bonchev–Trinajstić information content (AvgIpc) is 4.01. The van der Waals surface area contributed by atoms with E-state index in [2.05, 4.69) is 189 Å². The first-order chi connectivity index (χ1) is 31.0. The maximum Gasteiger partial charge on any atom is 0.223 e. The van der Waals surface area contributed by atoms with Crippen LogP contribution in [0, 0.1) is 12.1 Å². The van der Waals surface area contributed by atoms with E-state index >= 15 is 0 Å². The van der Waals surface area contributed by atoms with Gasteiger partial charge in [-0.3, -0.25) is 0 Å². The molecule has 0 saturated carbocycles. The van der Waals surface area contributed by atoms with Gasteiger partial charge in [0.1, 0.15) is 5.01 Å². The molecule has 12 rings (SSSR count). The molecule has 63 heavy (non-hydrogen) atoms. The van der Waals surface area contributed by atoms with E-state index in [1.807, 2.05) is 12.1 Å². The highest BCUT2D eigenvalue weighted by atomic mass is 32.1. The van der Waals surface area contributed by atoms with E-state index in [4.69, 9.17) is 14.4 Å². The highest BCUT2D eigenvalue weighted by molar-refractivity contribution is 7.21. The molecule has 0 spiro atoms. The Morgan fingerprint density at radius 3 is 2.43 bits per heavy atom. The predicted molar refractivity (Wildman–Crippen MR) is 260 cm³/mol. The first-order valence-corrected chi connectivity index (χ1v) is 22.7. The van der Waals surface area contributed by atoms with Gasteiger partial charge in [0, 0.05) is 22.5 Å². The molecular weight excluding hydrogens is 785 g/mol. The van der Waals surface area contributed by atoms with Crippen molar-refractivity contribution in [1.29, 1.82) is 0 Å². The molecule has 0 saturated heterocycles. The minimum Gasteiger partial charge on any atom is -0.436 e. The molecule has 9 aromatic rings. The molecule has 2 aromatic heterocycles. The van der Waals surface area contributed by atoms with Crippen molar-refractivity contribution in [2.24, 2.45) is 0 Å². The molecule has 300 valence electrons. The third-order valence-electron chi connectivity index (χ3n) is 13.5. The highest BCUT2D eigenvalue weighted by Crippen LogP contribution is 2.47. The second-order valence-corrected chi connectivity index (χ2v) is 18.2. The summed E-state index contributed by atoms with van der Waals surface area (Å²) in [5, 5.41) is 3.60. The molecule has 0 N–H and O–H groups in total. The van der Waals surface area contributed by atoms with Crippen LogP contribution in [-0.4, -0.2) is 9.97 Å². The molecule has 2 atom stereocenters. The van der Waals surface area contributed by atoms with Gasteiger partial charge in [-0.05, 0) is 136 Å². The third kappa shape index (κ3) is 6.60. The number of thiazole rings is 1. The first kappa shape index (κ1) is 37.4. The summed E-state index contributed by atoms with van der Waals surface area (Å²) < 4.78 is 7.35. The molecule has 0 aliphatic heterocycles. The number of aromatic nitrogens is 2. The van der Waals surface area contributed by atoms with Crippen LogP contribution in [0.3, 0.4) is 0 Å². The topological polar surface area (TPSA) is 38.9 Å². The van der Waals surface area contributed by atoms with Crippen LogP contribution < -0.4 is 0 Å². The lowest BCUT2D eigenvalue weighted by molar-refractivity contribution is 0.575. The van der Waals surface area contributed by atoms with E-state index in [1.54, 1.807) is 11.3 Å². The lowest BCUT2D eigenvalue weighted by Crippen LogP contribution is -2.27. The Morgan fingerprint density at radius 2 is 1.57 bits per heavy atom. The van der Waals surface area contributed by atoms with Crippen molar-refractivity contribution in [3.8, 4) is 21.7 Å². The fourth-order valence-corrected chi connectivity index (χ4v) is 11.1. The number of nitrogens with zero attached hydrogens (tertiary/aromatic N) is 2. The standard InChI is InChI=1S/C59H42N2OS/c1-59(47-15-7-4-8-16-47,48-29-25-40(26-30-48)57-60-52-17-9-11-19-54(52)62-57)49-31-27-42-37-51-46(34-44(42)36-49)35-45-33-43(28-32-50(45)51)56(38-13-5-2-3-6-14-38)39-21-23-41(24-22-39)58-61-53-18-10-12-20-55(53)63-58/h2-5,7-8,10-16,18-25,27-29,31-34,36-37,56H,6,26,30,35H2,1H3/t56?,59-/m0/s1. The summed E-state index contributed by atoms with van der Waals surface area (Å²) in [4.78, 5) is 9.67. The maximum absolute atomic E-state index is 6.13. The summed E-state index contributed by atoms with van der Waals surface area (Å²) in [6.45, 7) is 2.39. The van der Waals surface area contributed by atoms with Crippen LogP contribution in [0.5, 0.6) is 0 Å². The average molecular weight is 827 g/mol. The van der Waals surface area contributed by atoms with E-state index in [9.17, 15) is 0 Å². The van der Waals surface area contributed by atoms with Crippen LogP contribution in [0.4, 0.5) is 0 Å². The quantitative estimate of drug-likeness (QED) is 0.153. The van der Waals surface area contributed by atoms with Crippen LogP contribution in [0.2, 0.25) is 0 Å². The van der Waals surface area contributed by atoms with Gasteiger partial charge in [-0.15, -0.1) is 11.3 Å². The summed E-state index contributed by atoms with van der Waals surface area (Å²) in [6, 6.07) is 57.5. The monoisotopic (exact) mass is 826 g/mol. The molecule has 0 amide bonds. The van der Waals surface area contributed by atoms with Crippen molar-refractivity contribution in [3.63, 3.8) is 0 Å². The molecule has 0 fully saturated rings. The molecule has 7 aromatic carbocycles. The Balaban J connectivity index is 0.878. The second kappa shape index (κ2) is 15.2. The second-order valence-electron chi connectivity index (χ2n) is 17.1. The summed E-state index contributed by atoms with van der Waals surface area (Å²) in [6.07, 6.45) is 19.4. The number of benzene rings is 6. The van der Waals surface area contributed by atoms with Crippen LogP contribution in [0.25, 0.3) is 59.4 Å². The molecule has 0 radical (unpaired) electrons. The minimum absolute atomic E-state index is 0.115. The SMILES string of the molecule is C[C@@](C1=CC=C(c2nc3c#cccc3o2)CC1)(c1ccccc1)c1ccc2cc3c(cc2c1)Cc1cc(C(C2=CCC=CC=C2)c2ccc(-c4nc5ccccc5s4)cc2)ccc1-3. The molecule has 3 aliphatic rings. The Kier molecular flexibility index (Phi) is 9.06. The van der Waals surface area contributed by atoms with Crippen molar-refractivity contribution in [3.05, 3.63) is 245 Å². The fourth-order valence-electron chi connectivity index (χ4n) is 10.1. The molecule has 1 unspecified atom stereocenters. The molecular formula is C59H42N2OS. The predicted octanol–water partition coefficient (Wildman–Crippen LogP) is 15.1. The van der Waals surface area contributed by atoms with Gasteiger partial charge in [0.25, 0.3) is 0 Å². The number of oxazole rings is 1. The highest BCUT2D eigenvalue weighted by Gasteiger charge is 2.35. The minimum atomic E-state index is -0.323. The smallest absolute Gasteiger partial charge is 0.223 e. The van der Waals surface area contributed by atoms with E-state index < -0.39 is 0 Å². The Labute approximate surface area is 371 Å². The van der Waals surface area contributed by atoms with Crippen LogP contribution in [-0.2, 0) is 11.8 Å². The molecule has 2 heterocycles. The Bertz CT molecular complexity index is 3350. The Morgan fingerprint density at radius 1 is 0.714 bits per heavy atom. The summed E-state index contributed by atoms with van der Waals surface area (Å²) in [5.74, 6) is 0.788. The van der Waals surface area contributed by atoms with Gasteiger partial charge in [0.2, 0.25) is 5.89 Å². The van der Waals surface area contributed by atoms with Gasteiger partial charge in [0.05, 0.1) is 10.2 Å². The number of fused-ring (bicyclic) bond motifs is 6. The lowest BCUT2D eigenvalue weighted by atomic mass is 9.67. The third-order valence-corrected chi connectivity index (χ3v) is 14.6. The van der Waals surface area contributed by atoms with E-state index in [0.29, 0.717) is 5.89 Å². The molecule has 0 bridgehead atoms. The van der Waals surface area contributed by atoms with Gasteiger partial charge in [-0.1, -0.05) is 157 Å². The van der Waals surface area contributed by atoms with Gasteiger partial charge >= 0.3 is 0 Å². The lowest BCUT2D eigenvalue weighted by Gasteiger charge is -2.35. The van der Waals surface area contributed by atoms with Gasteiger partial charge in [0.15, 0.2) is 11.1 Å². The van der Waals surface area contributed by atoms with E-state index in [-0.39, 0.29) is 11.3 Å². The Hall–Kier alpha value is -7.32.